The molecule has 1 aliphatic carbocycles. The molecule has 0 heterocycles. The molecule has 0 aliphatic heterocycles. The van der Waals surface area contributed by atoms with E-state index in [1.165, 1.54) is 30.4 Å². The van der Waals surface area contributed by atoms with Crippen molar-refractivity contribution >= 4 is 0 Å². The smallest absolute Gasteiger partial charge is 0.0543 e. The first-order valence-corrected chi connectivity index (χ1v) is 7.06. The molecule has 1 saturated carbocycles. The third-order valence-corrected chi connectivity index (χ3v) is 3.92. The molecule has 1 nitrogen and oxygen atoms in total. The second-order valence-corrected chi connectivity index (χ2v) is 5.35. The van der Waals surface area contributed by atoms with Crippen LogP contribution in [0.4, 0.5) is 0 Å². The first-order valence-electron chi connectivity index (χ1n) is 7.06. The third-order valence-electron chi connectivity index (χ3n) is 3.92. The molecule has 0 bridgehead atoms. The van der Waals surface area contributed by atoms with Gasteiger partial charge in [-0.1, -0.05) is 44.0 Å². The Morgan fingerprint density at radius 2 is 2.12 bits per heavy atom. The van der Waals surface area contributed by atoms with Crippen molar-refractivity contribution in [3.8, 4) is 0 Å². The summed E-state index contributed by atoms with van der Waals surface area (Å²) in [6.45, 7) is 2.13. The van der Waals surface area contributed by atoms with E-state index in [9.17, 15) is 5.11 Å². The van der Waals surface area contributed by atoms with E-state index in [1.807, 2.05) is 0 Å². The fourth-order valence-corrected chi connectivity index (χ4v) is 2.55. The Morgan fingerprint density at radius 3 is 2.76 bits per heavy atom. The van der Waals surface area contributed by atoms with Crippen LogP contribution < -0.4 is 0 Å². The van der Waals surface area contributed by atoms with Crippen molar-refractivity contribution in [1.29, 1.82) is 0 Å². The standard InChI is InChI=1S/C16H24O/c1-2-5-16(17)11-10-13-6-3-9-15(12-13)14-7-4-8-14/h3,6,9,12,14,16-17H,2,4-5,7-8,10-11H2,1H3. The lowest BCUT2D eigenvalue weighted by Crippen LogP contribution is -2.10. The summed E-state index contributed by atoms with van der Waals surface area (Å²) in [4.78, 5) is 0. The molecule has 1 N–H and O–H groups in total. The van der Waals surface area contributed by atoms with E-state index in [2.05, 4.69) is 31.2 Å². The van der Waals surface area contributed by atoms with Crippen molar-refractivity contribution in [2.45, 2.75) is 63.9 Å². The van der Waals surface area contributed by atoms with Crippen LogP contribution in [-0.4, -0.2) is 11.2 Å². The Bertz CT molecular complexity index is 341. The second-order valence-electron chi connectivity index (χ2n) is 5.35. The lowest BCUT2D eigenvalue weighted by molar-refractivity contribution is 0.154. The average molecular weight is 232 g/mol. The van der Waals surface area contributed by atoms with Gasteiger partial charge in [-0.3, -0.25) is 0 Å². The molecule has 1 fully saturated rings. The number of benzene rings is 1. The molecule has 1 heteroatoms. The molecule has 2 rings (SSSR count). The summed E-state index contributed by atoms with van der Waals surface area (Å²) in [6, 6.07) is 8.98. The van der Waals surface area contributed by atoms with Crippen molar-refractivity contribution in [3.63, 3.8) is 0 Å². The SMILES string of the molecule is CCCC(O)CCc1cccc(C2CCC2)c1. The number of aliphatic hydroxyl groups is 1. The summed E-state index contributed by atoms with van der Waals surface area (Å²) < 4.78 is 0. The van der Waals surface area contributed by atoms with Crippen LogP contribution in [0.1, 0.15) is 62.5 Å². The monoisotopic (exact) mass is 232 g/mol. The molecule has 0 amide bonds. The van der Waals surface area contributed by atoms with Gasteiger partial charge in [-0.15, -0.1) is 0 Å². The van der Waals surface area contributed by atoms with E-state index < -0.39 is 0 Å². The lowest BCUT2D eigenvalue weighted by Gasteiger charge is -2.26. The van der Waals surface area contributed by atoms with Gasteiger partial charge in [0.25, 0.3) is 0 Å². The van der Waals surface area contributed by atoms with Gasteiger partial charge in [0, 0.05) is 0 Å². The van der Waals surface area contributed by atoms with Crippen LogP contribution in [-0.2, 0) is 6.42 Å². The van der Waals surface area contributed by atoms with Crippen LogP contribution in [0.5, 0.6) is 0 Å². The highest BCUT2D eigenvalue weighted by Crippen LogP contribution is 2.36. The molecule has 0 saturated heterocycles. The molecular weight excluding hydrogens is 208 g/mol. The third kappa shape index (κ3) is 3.57. The molecule has 17 heavy (non-hydrogen) atoms. The number of rotatable bonds is 6. The van der Waals surface area contributed by atoms with Crippen LogP contribution >= 0.6 is 0 Å². The van der Waals surface area contributed by atoms with E-state index in [-0.39, 0.29) is 6.10 Å². The molecule has 1 aliphatic rings. The Labute approximate surface area is 105 Å². The minimum Gasteiger partial charge on any atom is -0.393 e. The van der Waals surface area contributed by atoms with Gasteiger partial charge in [0.2, 0.25) is 0 Å². The Hall–Kier alpha value is -0.820. The largest absolute Gasteiger partial charge is 0.393 e. The molecule has 1 aromatic rings. The fraction of sp³-hybridized carbons (Fsp3) is 0.625. The normalized spacial score (nSPS) is 17.8. The maximum Gasteiger partial charge on any atom is 0.0543 e. The van der Waals surface area contributed by atoms with Gasteiger partial charge in [-0.2, -0.15) is 0 Å². The van der Waals surface area contributed by atoms with Crippen LogP contribution in [0.2, 0.25) is 0 Å². The van der Waals surface area contributed by atoms with Crippen LogP contribution in [0.25, 0.3) is 0 Å². The minimum absolute atomic E-state index is 0.118. The van der Waals surface area contributed by atoms with Gasteiger partial charge < -0.3 is 5.11 Å². The van der Waals surface area contributed by atoms with Crippen molar-refractivity contribution in [3.05, 3.63) is 35.4 Å². The first-order chi connectivity index (χ1) is 8.29. The van der Waals surface area contributed by atoms with E-state index in [4.69, 9.17) is 0 Å². The summed E-state index contributed by atoms with van der Waals surface area (Å²) in [5.74, 6) is 0.815. The summed E-state index contributed by atoms with van der Waals surface area (Å²) in [7, 11) is 0. The Balaban J connectivity index is 1.87. The van der Waals surface area contributed by atoms with Gasteiger partial charge in [0.1, 0.15) is 0 Å². The number of hydrogen-bond acceptors (Lipinski definition) is 1. The van der Waals surface area contributed by atoms with Gasteiger partial charge in [-0.25, -0.2) is 0 Å². The second kappa shape index (κ2) is 6.20. The van der Waals surface area contributed by atoms with Crippen molar-refractivity contribution in [1.82, 2.24) is 0 Å². The van der Waals surface area contributed by atoms with E-state index in [0.717, 1.165) is 31.6 Å². The molecular formula is C16H24O. The van der Waals surface area contributed by atoms with Gasteiger partial charge in [0.05, 0.1) is 6.10 Å². The van der Waals surface area contributed by atoms with Crippen LogP contribution in [0.15, 0.2) is 24.3 Å². The zero-order chi connectivity index (χ0) is 12.1. The maximum absolute atomic E-state index is 9.75. The summed E-state index contributed by atoms with van der Waals surface area (Å²) >= 11 is 0. The Morgan fingerprint density at radius 1 is 1.29 bits per heavy atom. The highest BCUT2D eigenvalue weighted by atomic mass is 16.3. The highest BCUT2D eigenvalue weighted by Gasteiger charge is 2.19. The zero-order valence-electron chi connectivity index (χ0n) is 10.9. The molecule has 0 aromatic heterocycles. The van der Waals surface area contributed by atoms with Crippen LogP contribution in [0, 0.1) is 0 Å². The average Bonchev–Trinajstić information content (AvgIpc) is 2.25. The minimum atomic E-state index is -0.118. The number of aryl methyl sites for hydroxylation is 1. The quantitative estimate of drug-likeness (QED) is 0.784. The molecule has 1 atom stereocenters. The van der Waals surface area contributed by atoms with Crippen molar-refractivity contribution in [2.24, 2.45) is 0 Å². The molecule has 1 unspecified atom stereocenters. The van der Waals surface area contributed by atoms with Gasteiger partial charge >= 0.3 is 0 Å². The van der Waals surface area contributed by atoms with E-state index in [0.29, 0.717) is 0 Å². The topological polar surface area (TPSA) is 20.2 Å². The zero-order valence-corrected chi connectivity index (χ0v) is 10.9. The maximum atomic E-state index is 9.75. The Kier molecular flexibility index (Phi) is 4.61. The van der Waals surface area contributed by atoms with Crippen molar-refractivity contribution in [2.75, 3.05) is 0 Å². The molecule has 0 spiro atoms. The van der Waals surface area contributed by atoms with E-state index >= 15 is 0 Å². The van der Waals surface area contributed by atoms with Gasteiger partial charge in [-0.05, 0) is 49.1 Å². The predicted octanol–water partition coefficient (Wildman–Crippen LogP) is 4.05. The lowest BCUT2D eigenvalue weighted by atomic mass is 9.79. The van der Waals surface area contributed by atoms with Gasteiger partial charge in [0.15, 0.2) is 0 Å². The van der Waals surface area contributed by atoms with E-state index in [1.54, 1.807) is 0 Å². The molecule has 1 aromatic carbocycles. The summed E-state index contributed by atoms with van der Waals surface area (Å²) in [6.07, 6.45) is 7.93. The molecule has 0 radical (unpaired) electrons. The predicted molar refractivity (Wildman–Crippen MR) is 72.3 cm³/mol. The highest BCUT2D eigenvalue weighted by molar-refractivity contribution is 5.27. The first kappa shape index (κ1) is 12.6. The number of aliphatic hydroxyl groups excluding tert-OH is 1. The molecule has 94 valence electrons. The number of hydrogen-bond donors (Lipinski definition) is 1. The van der Waals surface area contributed by atoms with Crippen molar-refractivity contribution < 1.29 is 5.11 Å². The summed E-state index contributed by atoms with van der Waals surface area (Å²) in [5, 5.41) is 9.75. The van der Waals surface area contributed by atoms with Crippen LogP contribution in [0.3, 0.4) is 0 Å². The summed E-state index contributed by atoms with van der Waals surface area (Å²) in [5.41, 5.74) is 2.91. The fourth-order valence-electron chi connectivity index (χ4n) is 2.55.